The van der Waals surface area contributed by atoms with E-state index in [1.165, 1.54) is 0 Å². The van der Waals surface area contributed by atoms with E-state index >= 15 is 0 Å². The lowest BCUT2D eigenvalue weighted by molar-refractivity contribution is -0.0732. The molecule has 0 bridgehead atoms. The lowest BCUT2D eigenvalue weighted by Gasteiger charge is -2.40. The number of ether oxygens (including phenoxy) is 1. The third-order valence-corrected chi connectivity index (χ3v) is 5.17. The molecule has 0 unspecified atom stereocenters. The van der Waals surface area contributed by atoms with Gasteiger partial charge in [0.1, 0.15) is 0 Å². The molecule has 1 rings (SSSR count). The van der Waals surface area contributed by atoms with Crippen molar-refractivity contribution in [2.24, 2.45) is 11.0 Å². The molecule has 4 heteroatoms. The quantitative estimate of drug-likeness (QED) is 0.495. The van der Waals surface area contributed by atoms with E-state index in [-0.39, 0.29) is 11.5 Å². The van der Waals surface area contributed by atoms with Crippen LogP contribution in [-0.4, -0.2) is 47.7 Å². The molecule has 0 aromatic heterocycles. The first-order chi connectivity index (χ1) is 10.6. The van der Waals surface area contributed by atoms with Gasteiger partial charge in [0.05, 0.1) is 24.0 Å². The fourth-order valence-electron chi connectivity index (χ4n) is 3.60. The van der Waals surface area contributed by atoms with Gasteiger partial charge < -0.3 is 9.84 Å². The van der Waals surface area contributed by atoms with E-state index in [9.17, 15) is 5.11 Å². The van der Waals surface area contributed by atoms with Crippen LogP contribution in [0.15, 0.2) is 17.8 Å². The molecule has 4 nitrogen and oxygen atoms in total. The molecule has 1 aliphatic rings. The average Bonchev–Trinajstić information content (AvgIpc) is 3.02. The van der Waals surface area contributed by atoms with Gasteiger partial charge >= 0.3 is 0 Å². The Labute approximate surface area is 136 Å². The highest BCUT2D eigenvalue weighted by atomic mass is 16.5. The molecule has 1 saturated heterocycles. The van der Waals surface area contributed by atoms with E-state index in [1.807, 2.05) is 6.08 Å². The molecule has 0 aromatic rings. The maximum atomic E-state index is 10.3. The van der Waals surface area contributed by atoms with E-state index in [0.717, 1.165) is 45.1 Å². The average molecular weight is 310 g/mol. The van der Waals surface area contributed by atoms with Gasteiger partial charge in [-0.25, -0.2) is 0 Å². The van der Waals surface area contributed by atoms with Crippen molar-refractivity contribution in [3.8, 4) is 0 Å². The Morgan fingerprint density at radius 2 is 2.09 bits per heavy atom. The summed E-state index contributed by atoms with van der Waals surface area (Å²) in [7, 11) is 1.80. The zero-order chi connectivity index (χ0) is 16.6. The predicted octanol–water partition coefficient (Wildman–Crippen LogP) is 3.61. The monoisotopic (exact) mass is 310 g/mol. The van der Waals surface area contributed by atoms with Crippen molar-refractivity contribution in [2.45, 2.75) is 77.0 Å². The van der Waals surface area contributed by atoms with Crippen LogP contribution >= 0.6 is 0 Å². The maximum absolute atomic E-state index is 10.3. The summed E-state index contributed by atoms with van der Waals surface area (Å²) < 4.78 is 5.87. The van der Waals surface area contributed by atoms with Crippen LogP contribution in [0.5, 0.6) is 0 Å². The fraction of sp³-hybridized carbons (Fsp3) is 0.833. The molecule has 1 aliphatic heterocycles. The summed E-state index contributed by atoms with van der Waals surface area (Å²) in [6.07, 6.45) is 9.11. The second-order valence-electron chi connectivity index (χ2n) is 6.24. The van der Waals surface area contributed by atoms with Crippen molar-refractivity contribution in [3.63, 3.8) is 0 Å². The summed E-state index contributed by atoms with van der Waals surface area (Å²) in [5, 5.41) is 17.0. The van der Waals surface area contributed by atoms with Gasteiger partial charge in [0, 0.05) is 19.6 Å². The summed E-state index contributed by atoms with van der Waals surface area (Å²) in [5.74, 6) is 0.0827. The van der Waals surface area contributed by atoms with Gasteiger partial charge in [0.15, 0.2) is 0 Å². The van der Waals surface area contributed by atoms with Gasteiger partial charge in [-0.3, -0.25) is 5.01 Å². The molecular weight excluding hydrogens is 276 g/mol. The highest BCUT2D eigenvalue weighted by molar-refractivity contribution is 5.63. The van der Waals surface area contributed by atoms with E-state index in [0.29, 0.717) is 6.04 Å². The summed E-state index contributed by atoms with van der Waals surface area (Å²) in [6, 6.07) is 0.296. The molecule has 1 fully saturated rings. The van der Waals surface area contributed by atoms with Gasteiger partial charge in [-0.15, -0.1) is 6.58 Å². The number of hydrogen-bond donors (Lipinski definition) is 1. The number of hydrogen-bond acceptors (Lipinski definition) is 4. The van der Waals surface area contributed by atoms with E-state index in [2.05, 4.69) is 37.5 Å². The number of nitrogens with zero attached hydrogens (tertiary/aromatic N) is 2. The highest BCUT2D eigenvalue weighted by Gasteiger charge is 2.41. The minimum absolute atomic E-state index is 0.0827. The predicted molar refractivity (Wildman–Crippen MR) is 93.1 cm³/mol. The Morgan fingerprint density at radius 3 is 2.59 bits per heavy atom. The van der Waals surface area contributed by atoms with Crippen LogP contribution in [0.4, 0.5) is 0 Å². The summed E-state index contributed by atoms with van der Waals surface area (Å²) in [5.41, 5.74) is -0.139. The standard InChI is InChI=1S/C18H34N2O2/c1-6-11-15(7-2)16(21)14-19-20-13-10-12-17(20)18(8-3,9-4)22-5/h7,14-17,21H,2,6,8-13H2,1,3-5H3/b19-14+/t15-,16+,17+/m1/s1. The molecule has 0 amide bonds. The van der Waals surface area contributed by atoms with Crippen molar-refractivity contribution >= 4 is 6.21 Å². The Bertz CT molecular complexity index is 345. The summed E-state index contributed by atoms with van der Waals surface area (Å²) in [6.45, 7) is 11.2. The van der Waals surface area contributed by atoms with Crippen LogP contribution in [0, 0.1) is 5.92 Å². The maximum Gasteiger partial charge on any atom is 0.0971 e. The van der Waals surface area contributed by atoms with Crippen LogP contribution in [-0.2, 0) is 4.74 Å². The van der Waals surface area contributed by atoms with Gasteiger partial charge in [-0.1, -0.05) is 33.3 Å². The summed E-state index contributed by atoms with van der Waals surface area (Å²) >= 11 is 0. The molecule has 1 N–H and O–H groups in total. The van der Waals surface area contributed by atoms with Crippen LogP contribution in [0.25, 0.3) is 0 Å². The molecule has 22 heavy (non-hydrogen) atoms. The first-order valence-electron chi connectivity index (χ1n) is 8.75. The Morgan fingerprint density at radius 1 is 1.41 bits per heavy atom. The number of aliphatic hydroxyl groups excluding tert-OH is 1. The van der Waals surface area contributed by atoms with Crippen molar-refractivity contribution < 1.29 is 9.84 Å². The van der Waals surface area contributed by atoms with Gasteiger partial charge in [0.25, 0.3) is 0 Å². The molecule has 0 aromatic carbocycles. The second-order valence-corrected chi connectivity index (χ2v) is 6.24. The third-order valence-electron chi connectivity index (χ3n) is 5.17. The number of aliphatic hydroxyl groups is 1. The number of hydrazone groups is 1. The topological polar surface area (TPSA) is 45.1 Å². The van der Waals surface area contributed by atoms with Crippen molar-refractivity contribution in [3.05, 3.63) is 12.7 Å². The van der Waals surface area contributed by atoms with Crippen LogP contribution in [0.2, 0.25) is 0 Å². The molecular formula is C18H34N2O2. The second kappa shape index (κ2) is 9.31. The Balaban J connectivity index is 2.78. The largest absolute Gasteiger partial charge is 0.387 e. The lowest BCUT2D eigenvalue weighted by atomic mass is 9.87. The Kier molecular flexibility index (Phi) is 8.12. The van der Waals surface area contributed by atoms with Crippen LogP contribution < -0.4 is 0 Å². The smallest absolute Gasteiger partial charge is 0.0971 e. The van der Waals surface area contributed by atoms with Crippen LogP contribution in [0.1, 0.15) is 59.3 Å². The molecule has 1 heterocycles. The van der Waals surface area contributed by atoms with Gasteiger partial charge in [0.2, 0.25) is 0 Å². The first-order valence-corrected chi connectivity index (χ1v) is 8.75. The molecule has 0 aliphatic carbocycles. The van der Waals surface area contributed by atoms with Crippen LogP contribution in [0.3, 0.4) is 0 Å². The van der Waals surface area contributed by atoms with Gasteiger partial charge in [-0.2, -0.15) is 5.10 Å². The zero-order valence-corrected chi connectivity index (χ0v) is 14.8. The van der Waals surface area contributed by atoms with E-state index in [1.54, 1.807) is 13.3 Å². The molecule has 128 valence electrons. The molecule has 0 spiro atoms. The van der Waals surface area contributed by atoms with E-state index in [4.69, 9.17) is 4.74 Å². The highest BCUT2D eigenvalue weighted by Crippen LogP contribution is 2.34. The minimum atomic E-state index is -0.557. The third kappa shape index (κ3) is 4.32. The molecule has 0 saturated carbocycles. The zero-order valence-electron chi connectivity index (χ0n) is 14.8. The first kappa shape index (κ1) is 19.2. The Hall–Kier alpha value is -0.870. The van der Waals surface area contributed by atoms with E-state index < -0.39 is 6.10 Å². The normalized spacial score (nSPS) is 22.2. The van der Waals surface area contributed by atoms with Crippen molar-refractivity contribution in [1.29, 1.82) is 0 Å². The molecule has 3 atom stereocenters. The van der Waals surface area contributed by atoms with Crippen molar-refractivity contribution in [2.75, 3.05) is 13.7 Å². The van der Waals surface area contributed by atoms with Crippen molar-refractivity contribution in [1.82, 2.24) is 5.01 Å². The SMILES string of the molecule is C=C[C@H](CCC)[C@@H](O)/C=N/N1CCC[C@H]1C(CC)(CC)OC. The minimum Gasteiger partial charge on any atom is -0.387 e. The fourth-order valence-corrected chi connectivity index (χ4v) is 3.60. The molecule has 0 radical (unpaired) electrons. The number of rotatable bonds is 10. The number of methoxy groups -OCH3 is 1. The van der Waals surface area contributed by atoms with Gasteiger partial charge in [-0.05, 0) is 32.1 Å². The summed E-state index contributed by atoms with van der Waals surface area (Å²) in [4.78, 5) is 0. The lowest BCUT2D eigenvalue weighted by Crippen LogP contribution is -2.48.